The van der Waals surface area contributed by atoms with Gasteiger partial charge in [0.25, 0.3) is 0 Å². The molecular formula is C13H11ClN2O3. The summed E-state index contributed by atoms with van der Waals surface area (Å²) >= 11 is 5.57. The summed E-state index contributed by atoms with van der Waals surface area (Å²) in [6.45, 7) is 0.337. The van der Waals surface area contributed by atoms with Crippen LogP contribution >= 0.6 is 11.6 Å². The molecule has 1 heterocycles. The summed E-state index contributed by atoms with van der Waals surface area (Å²) in [6.07, 6.45) is 1.38. The third kappa shape index (κ3) is 2.49. The molecule has 0 aliphatic carbocycles. The van der Waals surface area contributed by atoms with Gasteiger partial charge in [-0.2, -0.15) is 5.26 Å². The van der Waals surface area contributed by atoms with Gasteiger partial charge in [-0.15, -0.1) is 11.6 Å². The second kappa shape index (κ2) is 5.63. The molecule has 6 heteroatoms. The minimum absolute atomic E-state index is 0.0592. The highest BCUT2D eigenvalue weighted by atomic mass is 35.5. The molecule has 1 N–H and O–H groups in total. The van der Waals surface area contributed by atoms with Crippen LogP contribution in [0.15, 0.2) is 23.1 Å². The lowest BCUT2D eigenvalue weighted by Crippen LogP contribution is -2.08. The Hall–Kier alpha value is -2.19. The number of pyridine rings is 1. The molecule has 98 valence electrons. The van der Waals surface area contributed by atoms with Crippen LogP contribution in [-0.4, -0.2) is 24.6 Å². The van der Waals surface area contributed by atoms with E-state index in [1.54, 1.807) is 12.1 Å². The van der Waals surface area contributed by atoms with E-state index >= 15 is 0 Å². The van der Waals surface area contributed by atoms with Crippen LogP contribution in [0.25, 0.3) is 10.9 Å². The highest BCUT2D eigenvalue weighted by Crippen LogP contribution is 2.30. The Balaban J connectivity index is 2.64. The third-order valence-electron chi connectivity index (χ3n) is 2.62. The maximum Gasteiger partial charge on any atom is 0.207 e. The molecule has 1 aromatic carbocycles. The fourth-order valence-corrected chi connectivity index (χ4v) is 1.81. The van der Waals surface area contributed by atoms with Crippen LogP contribution < -0.4 is 14.9 Å². The molecule has 0 radical (unpaired) electrons. The maximum absolute atomic E-state index is 12.0. The van der Waals surface area contributed by atoms with Crippen molar-refractivity contribution in [3.8, 4) is 17.6 Å². The molecule has 2 rings (SSSR count). The first-order valence-electron chi connectivity index (χ1n) is 5.53. The fourth-order valence-electron chi connectivity index (χ4n) is 1.73. The Bertz CT molecular complexity index is 703. The van der Waals surface area contributed by atoms with Gasteiger partial charge in [0.05, 0.1) is 23.9 Å². The number of H-pyrrole nitrogens is 1. The Morgan fingerprint density at radius 2 is 2.21 bits per heavy atom. The molecule has 0 aliphatic heterocycles. The van der Waals surface area contributed by atoms with Crippen molar-refractivity contribution in [3.63, 3.8) is 0 Å². The number of rotatable bonds is 4. The molecule has 0 saturated carbocycles. The molecule has 0 spiro atoms. The SMILES string of the molecule is COc1cc2c(=O)c(C#N)c[nH]c2cc1OCCCl. The minimum atomic E-state index is -0.335. The predicted molar refractivity (Wildman–Crippen MR) is 72.1 cm³/mol. The lowest BCUT2D eigenvalue weighted by molar-refractivity contribution is 0.313. The normalized spacial score (nSPS) is 10.2. The molecular weight excluding hydrogens is 268 g/mol. The molecule has 19 heavy (non-hydrogen) atoms. The van der Waals surface area contributed by atoms with E-state index in [1.807, 2.05) is 6.07 Å². The quantitative estimate of drug-likeness (QED) is 0.868. The lowest BCUT2D eigenvalue weighted by atomic mass is 10.1. The number of nitrogens with zero attached hydrogens (tertiary/aromatic N) is 1. The average Bonchev–Trinajstić information content (AvgIpc) is 2.44. The van der Waals surface area contributed by atoms with E-state index in [0.717, 1.165) is 0 Å². The Labute approximate surface area is 114 Å². The van der Waals surface area contributed by atoms with E-state index < -0.39 is 0 Å². The van der Waals surface area contributed by atoms with Gasteiger partial charge in [0.1, 0.15) is 18.2 Å². The molecule has 0 unspecified atom stereocenters. The van der Waals surface area contributed by atoms with Crippen molar-refractivity contribution in [1.82, 2.24) is 4.98 Å². The van der Waals surface area contributed by atoms with Gasteiger partial charge >= 0.3 is 0 Å². The number of nitrogens with one attached hydrogen (secondary N) is 1. The van der Waals surface area contributed by atoms with E-state index in [9.17, 15) is 4.79 Å². The zero-order valence-electron chi connectivity index (χ0n) is 10.2. The van der Waals surface area contributed by atoms with Crippen molar-refractivity contribution in [2.75, 3.05) is 19.6 Å². The fraction of sp³-hybridized carbons (Fsp3) is 0.231. The number of aromatic amines is 1. The van der Waals surface area contributed by atoms with Crippen LogP contribution in [0.3, 0.4) is 0 Å². The van der Waals surface area contributed by atoms with Gasteiger partial charge in [0.15, 0.2) is 11.5 Å². The number of methoxy groups -OCH3 is 1. The maximum atomic E-state index is 12.0. The minimum Gasteiger partial charge on any atom is -0.493 e. The predicted octanol–water partition coefficient (Wildman–Crippen LogP) is 2.03. The van der Waals surface area contributed by atoms with Crippen molar-refractivity contribution in [1.29, 1.82) is 5.26 Å². The highest BCUT2D eigenvalue weighted by Gasteiger charge is 2.11. The van der Waals surface area contributed by atoms with Crippen LogP contribution in [0, 0.1) is 11.3 Å². The van der Waals surface area contributed by atoms with Crippen LogP contribution in [-0.2, 0) is 0 Å². The summed E-state index contributed by atoms with van der Waals surface area (Å²) in [5, 5.41) is 9.22. The van der Waals surface area contributed by atoms with Crippen molar-refractivity contribution in [2.45, 2.75) is 0 Å². The molecule has 0 amide bonds. The monoisotopic (exact) mass is 278 g/mol. The number of nitriles is 1. The Kier molecular flexibility index (Phi) is 3.93. The summed E-state index contributed by atoms with van der Waals surface area (Å²) in [6, 6.07) is 5.05. The third-order valence-corrected chi connectivity index (χ3v) is 2.77. The smallest absolute Gasteiger partial charge is 0.207 e. The summed E-state index contributed by atoms with van der Waals surface area (Å²) in [7, 11) is 1.48. The number of ether oxygens (including phenoxy) is 2. The van der Waals surface area contributed by atoms with Crippen molar-refractivity contribution < 1.29 is 9.47 Å². The van der Waals surface area contributed by atoms with Crippen LogP contribution in [0.4, 0.5) is 0 Å². The number of hydrogen-bond acceptors (Lipinski definition) is 4. The number of hydrogen-bond donors (Lipinski definition) is 1. The first kappa shape index (κ1) is 13.2. The molecule has 1 aromatic heterocycles. The van der Waals surface area contributed by atoms with Gasteiger partial charge in [-0.25, -0.2) is 0 Å². The summed E-state index contributed by atoms with van der Waals surface area (Å²) in [5.41, 5.74) is 0.303. The largest absolute Gasteiger partial charge is 0.493 e. The topological polar surface area (TPSA) is 75.1 Å². The van der Waals surface area contributed by atoms with Crippen LogP contribution in [0.2, 0.25) is 0 Å². The van der Waals surface area contributed by atoms with E-state index in [0.29, 0.717) is 34.9 Å². The summed E-state index contributed by atoms with van der Waals surface area (Å²) < 4.78 is 10.6. The lowest BCUT2D eigenvalue weighted by Gasteiger charge is -2.11. The van der Waals surface area contributed by atoms with Gasteiger partial charge in [0, 0.05) is 12.3 Å². The van der Waals surface area contributed by atoms with Crippen LogP contribution in [0.5, 0.6) is 11.5 Å². The van der Waals surface area contributed by atoms with E-state index in [1.165, 1.54) is 13.3 Å². The molecule has 0 aliphatic rings. The van der Waals surface area contributed by atoms with E-state index in [-0.39, 0.29) is 11.0 Å². The van der Waals surface area contributed by atoms with E-state index in [2.05, 4.69) is 4.98 Å². The first-order valence-corrected chi connectivity index (χ1v) is 6.07. The van der Waals surface area contributed by atoms with Crippen molar-refractivity contribution in [2.24, 2.45) is 0 Å². The van der Waals surface area contributed by atoms with Gasteiger partial charge in [-0.05, 0) is 6.07 Å². The number of fused-ring (bicyclic) bond motifs is 1. The van der Waals surface area contributed by atoms with Gasteiger partial charge in [-0.1, -0.05) is 0 Å². The van der Waals surface area contributed by atoms with Gasteiger partial charge < -0.3 is 14.5 Å². The number of alkyl halides is 1. The molecule has 5 nitrogen and oxygen atoms in total. The number of aromatic nitrogens is 1. The Morgan fingerprint density at radius 3 is 2.84 bits per heavy atom. The molecule has 0 fully saturated rings. The number of benzene rings is 1. The highest BCUT2D eigenvalue weighted by molar-refractivity contribution is 6.18. The first-order chi connectivity index (χ1) is 9.21. The number of halogens is 1. The summed E-state index contributed by atoms with van der Waals surface area (Å²) in [4.78, 5) is 14.9. The molecule has 0 bridgehead atoms. The van der Waals surface area contributed by atoms with Gasteiger partial charge in [0.2, 0.25) is 5.43 Å². The molecule has 2 aromatic rings. The zero-order chi connectivity index (χ0) is 13.8. The van der Waals surface area contributed by atoms with Gasteiger partial charge in [-0.3, -0.25) is 4.79 Å². The molecule has 0 atom stereocenters. The standard InChI is InChI=1S/C13H11ClN2O3/c1-18-11-4-9-10(5-12(11)19-3-2-14)16-7-8(6-15)13(9)17/h4-5,7H,2-3H2,1H3,(H,16,17). The van der Waals surface area contributed by atoms with Crippen molar-refractivity contribution in [3.05, 3.63) is 34.1 Å². The molecule has 0 saturated heterocycles. The van der Waals surface area contributed by atoms with Crippen LogP contribution in [0.1, 0.15) is 5.56 Å². The summed E-state index contributed by atoms with van der Waals surface area (Å²) in [5.74, 6) is 1.28. The Morgan fingerprint density at radius 1 is 1.42 bits per heavy atom. The van der Waals surface area contributed by atoms with E-state index in [4.69, 9.17) is 26.3 Å². The second-order valence-corrected chi connectivity index (χ2v) is 4.11. The average molecular weight is 279 g/mol. The second-order valence-electron chi connectivity index (χ2n) is 3.73. The van der Waals surface area contributed by atoms with Crippen molar-refractivity contribution >= 4 is 22.5 Å². The zero-order valence-corrected chi connectivity index (χ0v) is 11.0.